The molecule has 0 bridgehead atoms. The van der Waals surface area contributed by atoms with E-state index < -0.39 is 20.8 Å². The predicted molar refractivity (Wildman–Crippen MR) is 91.5 cm³/mol. The molecule has 1 aromatic rings. The molecule has 0 saturated carbocycles. The van der Waals surface area contributed by atoms with Gasteiger partial charge in [-0.1, -0.05) is 13.0 Å². The van der Waals surface area contributed by atoms with Crippen LogP contribution in [0.2, 0.25) is 0 Å². The molecule has 0 heterocycles. The Kier molecular flexibility index (Phi) is 7.72. The van der Waals surface area contributed by atoms with Gasteiger partial charge in [-0.3, -0.25) is 4.21 Å². The van der Waals surface area contributed by atoms with E-state index in [0.717, 1.165) is 4.90 Å². The third kappa shape index (κ3) is 7.85. The highest BCUT2D eigenvalue weighted by molar-refractivity contribution is 8.00. The Morgan fingerprint density at radius 1 is 1.43 bits per heavy atom. The summed E-state index contributed by atoms with van der Waals surface area (Å²) in [7, 11) is -4.21. The molecule has 0 aliphatic heterocycles. The Hall–Kier alpha value is -0.570. The van der Waals surface area contributed by atoms with E-state index in [4.69, 9.17) is 5.73 Å². The SMILES string of the molecule is CC(CCNS(=O)(=O)CCSc1cccc(N)c1)S(C)=O. The first-order chi connectivity index (χ1) is 9.80. The van der Waals surface area contributed by atoms with Crippen LogP contribution < -0.4 is 10.5 Å². The molecule has 0 fully saturated rings. The molecule has 1 aromatic carbocycles. The number of sulfonamides is 1. The van der Waals surface area contributed by atoms with Crippen LogP contribution in [0.15, 0.2) is 29.2 Å². The van der Waals surface area contributed by atoms with Crippen molar-refractivity contribution in [3.8, 4) is 0 Å². The van der Waals surface area contributed by atoms with Gasteiger partial charge in [0.25, 0.3) is 0 Å². The first-order valence-corrected chi connectivity index (χ1v) is 10.8. The fourth-order valence-electron chi connectivity index (χ4n) is 1.53. The fourth-order valence-corrected chi connectivity index (χ4v) is 4.39. The van der Waals surface area contributed by atoms with Gasteiger partial charge >= 0.3 is 0 Å². The van der Waals surface area contributed by atoms with E-state index in [0.29, 0.717) is 24.4 Å². The van der Waals surface area contributed by atoms with Gasteiger partial charge in [-0.05, 0) is 24.6 Å². The Balaban J connectivity index is 2.31. The van der Waals surface area contributed by atoms with Crippen molar-refractivity contribution in [2.75, 3.05) is 30.0 Å². The van der Waals surface area contributed by atoms with E-state index in [9.17, 15) is 12.6 Å². The van der Waals surface area contributed by atoms with E-state index in [1.165, 1.54) is 11.8 Å². The van der Waals surface area contributed by atoms with Gasteiger partial charge in [0.2, 0.25) is 10.0 Å². The number of anilines is 1. The Morgan fingerprint density at radius 3 is 2.76 bits per heavy atom. The average molecular weight is 351 g/mol. The van der Waals surface area contributed by atoms with Crippen molar-refractivity contribution in [2.45, 2.75) is 23.5 Å². The smallest absolute Gasteiger partial charge is 0.212 e. The maximum absolute atomic E-state index is 11.8. The molecule has 2 unspecified atom stereocenters. The summed E-state index contributed by atoms with van der Waals surface area (Å²) in [6, 6.07) is 7.36. The van der Waals surface area contributed by atoms with E-state index >= 15 is 0 Å². The van der Waals surface area contributed by atoms with Crippen LogP contribution in [-0.2, 0) is 20.8 Å². The number of hydrogen-bond acceptors (Lipinski definition) is 5. The number of nitrogens with one attached hydrogen (secondary N) is 1. The molecule has 0 amide bonds. The molecule has 2 atom stereocenters. The summed E-state index contributed by atoms with van der Waals surface area (Å²) in [6.07, 6.45) is 2.20. The van der Waals surface area contributed by atoms with Crippen molar-refractivity contribution in [3.63, 3.8) is 0 Å². The lowest BCUT2D eigenvalue weighted by atomic mass is 10.3. The minimum atomic E-state index is -3.28. The van der Waals surface area contributed by atoms with Crippen molar-refractivity contribution in [2.24, 2.45) is 0 Å². The van der Waals surface area contributed by atoms with E-state index in [-0.39, 0.29) is 11.0 Å². The van der Waals surface area contributed by atoms with Crippen molar-refractivity contribution >= 4 is 38.3 Å². The standard InChI is InChI=1S/C13H22N2O3S3/c1-11(20(2)16)6-7-15-21(17,18)9-8-19-13-5-3-4-12(14)10-13/h3-5,10-11,15H,6-9,14H2,1-2H3. The highest BCUT2D eigenvalue weighted by Gasteiger charge is 2.12. The second-order valence-corrected chi connectivity index (χ2v) is 9.63. The molecule has 0 aromatic heterocycles. The monoisotopic (exact) mass is 350 g/mol. The third-order valence-electron chi connectivity index (χ3n) is 2.92. The first kappa shape index (κ1) is 18.5. The predicted octanol–water partition coefficient (Wildman–Crippen LogP) is 1.44. The fraction of sp³-hybridized carbons (Fsp3) is 0.538. The molecule has 5 nitrogen and oxygen atoms in total. The van der Waals surface area contributed by atoms with Gasteiger partial charge in [0.05, 0.1) is 5.75 Å². The van der Waals surface area contributed by atoms with Gasteiger partial charge < -0.3 is 5.73 Å². The molecule has 120 valence electrons. The molecule has 0 saturated heterocycles. The number of thioether (sulfide) groups is 1. The highest BCUT2D eigenvalue weighted by atomic mass is 32.2. The molecular formula is C13H22N2O3S3. The molecule has 0 aliphatic carbocycles. The van der Waals surface area contributed by atoms with Crippen LogP contribution in [-0.4, -0.2) is 42.2 Å². The minimum Gasteiger partial charge on any atom is -0.399 e. The highest BCUT2D eigenvalue weighted by Crippen LogP contribution is 2.20. The maximum Gasteiger partial charge on any atom is 0.212 e. The zero-order chi connectivity index (χ0) is 15.9. The normalized spacial score (nSPS) is 14.8. The van der Waals surface area contributed by atoms with Gasteiger partial charge in [-0.2, -0.15) is 0 Å². The topological polar surface area (TPSA) is 89.3 Å². The lowest BCUT2D eigenvalue weighted by Gasteiger charge is -2.10. The summed E-state index contributed by atoms with van der Waals surface area (Å²) < 4.78 is 37.3. The Morgan fingerprint density at radius 2 is 2.14 bits per heavy atom. The van der Waals surface area contributed by atoms with Crippen molar-refractivity contribution in [1.82, 2.24) is 4.72 Å². The van der Waals surface area contributed by atoms with Crippen molar-refractivity contribution in [1.29, 1.82) is 0 Å². The lowest BCUT2D eigenvalue weighted by Crippen LogP contribution is -2.30. The van der Waals surface area contributed by atoms with Crippen LogP contribution in [0, 0.1) is 0 Å². The van der Waals surface area contributed by atoms with Crippen molar-refractivity contribution < 1.29 is 12.6 Å². The zero-order valence-electron chi connectivity index (χ0n) is 12.2. The molecule has 1 rings (SSSR count). The minimum absolute atomic E-state index is 0.00521. The van der Waals surface area contributed by atoms with Gasteiger partial charge in [0.1, 0.15) is 0 Å². The maximum atomic E-state index is 11.8. The van der Waals surface area contributed by atoms with Gasteiger partial charge in [0, 0.05) is 45.2 Å². The zero-order valence-corrected chi connectivity index (χ0v) is 14.7. The van der Waals surface area contributed by atoms with Crippen LogP contribution >= 0.6 is 11.8 Å². The quantitative estimate of drug-likeness (QED) is 0.519. The average Bonchev–Trinajstić information content (AvgIpc) is 2.38. The summed E-state index contributed by atoms with van der Waals surface area (Å²) in [4.78, 5) is 0.959. The first-order valence-electron chi connectivity index (χ1n) is 6.58. The third-order valence-corrected chi connectivity index (χ3v) is 6.93. The number of rotatable bonds is 9. The molecule has 0 spiro atoms. The van der Waals surface area contributed by atoms with Crippen LogP contribution in [0.4, 0.5) is 5.69 Å². The Labute approximate surface area is 133 Å². The lowest BCUT2D eigenvalue weighted by molar-refractivity contribution is 0.579. The molecular weight excluding hydrogens is 328 g/mol. The van der Waals surface area contributed by atoms with Crippen LogP contribution in [0.3, 0.4) is 0 Å². The van der Waals surface area contributed by atoms with Crippen molar-refractivity contribution in [3.05, 3.63) is 24.3 Å². The summed E-state index contributed by atoms with van der Waals surface area (Å²) in [6.45, 7) is 2.17. The van der Waals surface area contributed by atoms with Crippen LogP contribution in [0.1, 0.15) is 13.3 Å². The second kappa shape index (κ2) is 8.77. The molecule has 0 aliphatic rings. The molecule has 21 heavy (non-hydrogen) atoms. The summed E-state index contributed by atoms with van der Waals surface area (Å²) in [5.74, 6) is 0.518. The van der Waals surface area contributed by atoms with E-state index in [2.05, 4.69) is 4.72 Å². The number of nitrogen functional groups attached to an aromatic ring is 1. The molecule has 8 heteroatoms. The molecule has 3 N–H and O–H groups in total. The summed E-state index contributed by atoms with van der Waals surface area (Å²) in [5.41, 5.74) is 6.33. The number of nitrogens with two attached hydrogens (primary N) is 1. The van der Waals surface area contributed by atoms with Crippen LogP contribution in [0.5, 0.6) is 0 Å². The van der Waals surface area contributed by atoms with Gasteiger partial charge in [-0.15, -0.1) is 11.8 Å². The Bertz CT molecular complexity index is 576. The second-order valence-electron chi connectivity index (χ2n) is 4.73. The summed E-state index contributed by atoms with van der Waals surface area (Å²) >= 11 is 1.46. The van der Waals surface area contributed by atoms with E-state index in [1.807, 2.05) is 25.1 Å². The largest absolute Gasteiger partial charge is 0.399 e. The molecule has 0 radical (unpaired) electrons. The van der Waals surface area contributed by atoms with E-state index in [1.54, 1.807) is 12.3 Å². The number of benzene rings is 1. The van der Waals surface area contributed by atoms with Gasteiger partial charge in [-0.25, -0.2) is 13.1 Å². The van der Waals surface area contributed by atoms with Crippen LogP contribution in [0.25, 0.3) is 0 Å². The summed E-state index contributed by atoms with van der Waals surface area (Å²) in [5, 5.41) is -0.00521. The number of hydrogen-bond donors (Lipinski definition) is 2. The van der Waals surface area contributed by atoms with Gasteiger partial charge in [0.15, 0.2) is 0 Å².